The number of thioether (sulfide) groups is 1. The molecule has 0 aliphatic carbocycles. The maximum atomic E-state index is 13.2. The minimum atomic E-state index is -0.0390. The molecule has 0 spiro atoms. The van der Waals surface area contributed by atoms with Crippen LogP contribution in [0.25, 0.3) is 10.9 Å². The first kappa shape index (κ1) is 20.0. The highest BCUT2D eigenvalue weighted by atomic mass is 35.5. The van der Waals surface area contributed by atoms with E-state index >= 15 is 0 Å². The van der Waals surface area contributed by atoms with E-state index in [1.807, 2.05) is 23.1 Å². The standard InChI is InChI=1S/C22H22ClN3O2S/c1-29-17-5-2-15(3-6-17)13-25-21-18-12-16(23)4-7-20(18)24-14-19(21)22(27)26-8-10-28-11-9-26/h2-7,12,14H,8-11,13H2,1H3,(H,24,25). The van der Waals surface area contributed by atoms with Gasteiger partial charge >= 0.3 is 0 Å². The third kappa shape index (κ3) is 4.50. The van der Waals surface area contributed by atoms with E-state index < -0.39 is 0 Å². The molecule has 1 aliphatic heterocycles. The largest absolute Gasteiger partial charge is 0.380 e. The van der Waals surface area contributed by atoms with Gasteiger partial charge in [-0.15, -0.1) is 11.8 Å². The molecule has 7 heteroatoms. The van der Waals surface area contributed by atoms with E-state index in [9.17, 15) is 4.79 Å². The molecular weight excluding hydrogens is 406 g/mol. The van der Waals surface area contributed by atoms with E-state index in [2.05, 4.69) is 40.8 Å². The van der Waals surface area contributed by atoms with Crippen LogP contribution in [0.3, 0.4) is 0 Å². The van der Waals surface area contributed by atoms with Crippen LogP contribution in [0.15, 0.2) is 53.6 Å². The molecule has 0 saturated carbocycles. The Labute approximate surface area is 179 Å². The highest BCUT2D eigenvalue weighted by molar-refractivity contribution is 7.98. The minimum Gasteiger partial charge on any atom is -0.380 e. The SMILES string of the molecule is CSc1ccc(CNc2c(C(=O)N3CCOCC3)cnc3ccc(Cl)cc23)cc1. The number of anilines is 1. The van der Waals surface area contributed by atoms with Crippen molar-refractivity contribution in [2.24, 2.45) is 0 Å². The fourth-order valence-corrected chi connectivity index (χ4v) is 3.97. The van der Waals surface area contributed by atoms with Gasteiger partial charge in [-0.1, -0.05) is 23.7 Å². The number of hydrogen-bond donors (Lipinski definition) is 1. The van der Waals surface area contributed by atoms with Crippen molar-refractivity contribution in [3.8, 4) is 0 Å². The summed E-state index contributed by atoms with van der Waals surface area (Å²) in [6.45, 7) is 2.89. The number of ether oxygens (including phenoxy) is 1. The monoisotopic (exact) mass is 427 g/mol. The summed E-state index contributed by atoms with van der Waals surface area (Å²) in [5, 5.41) is 4.93. The highest BCUT2D eigenvalue weighted by Crippen LogP contribution is 2.30. The Bertz CT molecular complexity index is 1020. The fraction of sp³-hybridized carbons (Fsp3) is 0.273. The molecule has 1 fully saturated rings. The topological polar surface area (TPSA) is 54.5 Å². The van der Waals surface area contributed by atoms with E-state index in [4.69, 9.17) is 16.3 Å². The maximum absolute atomic E-state index is 13.2. The number of carbonyl (C=O) groups is 1. The molecular formula is C22H22ClN3O2S. The first-order valence-electron chi connectivity index (χ1n) is 9.48. The van der Waals surface area contributed by atoms with Crippen molar-refractivity contribution in [2.75, 3.05) is 37.9 Å². The van der Waals surface area contributed by atoms with Gasteiger partial charge in [-0.05, 0) is 42.2 Å². The molecule has 0 radical (unpaired) electrons. The van der Waals surface area contributed by atoms with Gasteiger partial charge in [-0.3, -0.25) is 9.78 Å². The van der Waals surface area contributed by atoms with Crippen LogP contribution in [0.2, 0.25) is 5.02 Å². The van der Waals surface area contributed by atoms with Crippen LogP contribution < -0.4 is 5.32 Å². The molecule has 2 aromatic carbocycles. The summed E-state index contributed by atoms with van der Waals surface area (Å²) < 4.78 is 5.38. The molecule has 1 aliphatic rings. The number of morpholine rings is 1. The molecule has 1 N–H and O–H groups in total. The number of amides is 1. The molecule has 0 atom stereocenters. The average Bonchev–Trinajstić information content (AvgIpc) is 2.77. The Morgan fingerprint density at radius 3 is 2.69 bits per heavy atom. The van der Waals surface area contributed by atoms with Crippen molar-refractivity contribution in [3.63, 3.8) is 0 Å². The fourth-order valence-electron chi connectivity index (χ4n) is 3.39. The lowest BCUT2D eigenvalue weighted by Crippen LogP contribution is -2.41. The lowest BCUT2D eigenvalue weighted by atomic mass is 10.1. The third-order valence-corrected chi connectivity index (χ3v) is 5.97. The number of nitrogens with one attached hydrogen (secondary N) is 1. The van der Waals surface area contributed by atoms with Gasteiger partial charge < -0.3 is 15.0 Å². The summed E-state index contributed by atoms with van der Waals surface area (Å²) >= 11 is 7.97. The summed E-state index contributed by atoms with van der Waals surface area (Å²) in [5.41, 5.74) is 3.26. The Hall–Kier alpha value is -2.28. The van der Waals surface area contributed by atoms with Gasteiger partial charge in [0.15, 0.2) is 0 Å². The first-order valence-corrected chi connectivity index (χ1v) is 11.1. The Kier molecular flexibility index (Phi) is 6.23. The average molecular weight is 428 g/mol. The third-order valence-electron chi connectivity index (χ3n) is 4.99. The number of aromatic nitrogens is 1. The number of rotatable bonds is 5. The molecule has 3 aromatic rings. The van der Waals surface area contributed by atoms with Crippen LogP contribution in [-0.2, 0) is 11.3 Å². The summed E-state index contributed by atoms with van der Waals surface area (Å²) in [6, 6.07) is 13.9. The maximum Gasteiger partial charge on any atom is 0.257 e. The number of hydrogen-bond acceptors (Lipinski definition) is 5. The van der Waals surface area contributed by atoms with Gasteiger partial charge in [-0.25, -0.2) is 0 Å². The lowest BCUT2D eigenvalue weighted by molar-refractivity contribution is 0.0303. The second kappa shape index (κ2) is 9.03. The normalized spacial score (nSPS) is 14.2. The van der Waals surface area contributed by atoms with Crippen molar-refractivity contribution in [1.29, 1.82) is 0 Å². The molecule has 1 saturated heterocycles. The van der Waals surface area contributed by atoms with Gasteiger partial charge in [0.25, 0.3) is 5.91 Å². The first-order chi connectivity index (χ1) is 14.2. The molecule has 150 valence electrons. The van der Waals surface area contributed by atoms with Gasteiger partial charge in [0.2, 0.25) is 0 Å². The second-order valence-electron chi connectivity index (χ2n) is 6.81. The predicted molar refractivity (Wildman–Crippen MR) is 119 cm³/mol. The van der Waals surface area contributed by atoms with Crippen LogP contribution in [0.4, 0.5) is 5.69 Å². The lowest BCUT2D eigenvalue weighted by Gasteiger charge is -2.28. The van der Waals surface area contributed by atoms with E-state index in [-0.39, 0.29) is 5.91 Å². The summed E-state index contributed by atoms with van der Waals surface area (Å²) in [7, 11) is 0. The molecule has 4 rings (SSSR count). The van der Waals surface area contributed by atoms with Crippen molar-refractivity contribution in [3.05, 3.63) is 64.8 Å². The van der Waals surface area contributed by atoms with Crippen molar-refractivity contribution >= 4 is 45.9 Å². The number of pyridine rings is 1. The molecule has 0 unspecified atom stereocenters. The predicted octanol–water partition coefficient (Wildman–Crippen LogP) is 4.69. The molecule has 0 bridgehead atoms. The zero-order valence-corrected chi connectivity index (χ0v) is 17.7. The smallest absolute Gasteiger partial charge is 0.257 e. The van der Waals surface area contributed by atoms with E-state index in [0.29, 0.717) is 43.4 Å². The number of fused-ring (bicyclic) bond motifs is 1. The van der Waals surface area contributed by atoms with Gasteiger partial charge in [0.1, 0.15) is 0 Å². The summed E-state index contributed by atoms with van der Waals surface area (Å²) in [6.07, 6.45) is 3.72. The Balaban J connectivity index is 1.69. The zero-order valence-electron chi connectivity index (χ0n) is 16.2. The van der Waals surface area contributed by atoms with Crippen LogP contribution in [0, 0.1) is 0 Å². The van der Waals surface area contributed by atoms with Crippen molar-refractivity contribution < 1.29 is 9.53 Å². The Morgan fingerprint density at radius 2 is 1.97 bits per heavy atom. The van der Waals surface area contributed by atoms with Crippen LogP contribution >= 0.6 is 23.4 Å². The summed E-state index contributed by atoms with van der Waals surface area (Å²) in [5.74, 6) is -0.0390. The quantitative estimate of drug-likeness (QED) is 0.598. The Morgan fingerprint density at radius 1 is 1.21 bits per heavy atom. The van der Waals surface area contributed by atoms with Gasteiger partial charge in [0.05, 0.1) is 30.0 Å². The number of carbonyl (C=O) groups excluding carboxylic acids is 1. The molecule has 1 amide bonds. The molecule has 5 nitrogen and oxygen atoms in total. The van der Waals surface area contributed by atoms with E-state index in [0.717, 1.165) is 22.2 Å². The van der Waals surface area contributed by atoms with Crippen molar-refractivity contribution in [2.45, 2.75) is 11.4 Å². The number of benzene rings is 2. The van der Waals surface area contributed by atoms with Crippen LogP contribution in [0.5, 0.6) is 0 Å². The van der Waals surface area contributed by atoms with Crippen LogP contribution in [0.1, 0.15) is 15.9 Å². The second-order valence-corrected chi connectivity index (χ2v) is 8.13. The number of nitrogens with zero attached hydrogens (tertiary/aromatic N) is 2. The van der Waals surface area contributed by atoms with Gasteiger partial charge in [-0.2, -0.15) is 0 Å². The minimum absolute atomic E-state index is 0.0390. The van der Waals surface area contributed by atoms with E-state index in [1.54, 1.807) is 18.0 Å². The van der Waals surface area contributed by atoms with E-state index in [1.165, 1.54) is 4.90 Å². The number of halogens is 1. The van der Waals surface area contributed by atoms with Crippen molar-refractivity contribution in [1.82, 2.24) is 9.88 Å². The molecule has 2 heterocycles. The zero-order chi connectivity index (χ0) is 20.2. The van der Waals surface area contributed by atoms with Gasteiger partial charge in [0, 0.05) is 41.1 Å². The van der Waals surface area contributed by atoms with Crippen LogP contribution in [-0.4, -0.2) is 48.4 Å². The molecule has 1 aromatic heterocycles. The summed E-state index contributed by atoms with van der Waals surface area (Å²) in [4.78, 5) is 20.7. The highest BCUT2D eigenvalue weighted by Gasteiger charge is 2.23. The molecule has 29 heavy (non-hydrogen) atoms.